The molecule has 0 aliphatic rings. The van der Waals surface area contributed by atoms with E-state index in [1.807, 2.05) is 0 Å². The standard InChI is InChI=1S/C16H8BrClF2N4O3/c17-9-3-11-12(4-10(9)18)26-16(25)24(11)6-8-2-1-7(5-21-8)14-22-23-15(27-14)13(19)20/h1-5,13H,6H2. The highest BCUT2D eigenvalue weighted by Gasteiger charge is 2.17. The van der Waals surface area contributed by atoms with Gasteiger partial charge in [0, 0.05) is 16.7 Å². The van der Waals surface area contributed by atoms with Crippen LogP contribution in [-0.4, -0.2) is 19.7 Å². The normalized spacial score (nSPS) is 11.6. The number of hydrogen-bond acceptors (Lipinski definition) is 6. The Morgan fingerprint density at radius 1 is 1.22 bits per heavy atom. The van der Waals surface area contributed by atoms with Gasteiger partial charge < -0.3 is 8.83 Å². The van der Waals surface area contributed by atoms with Crippen LogP contribution in [0, 0.1) is 0 Å². The summed E-state index contributed by atoms with van der Waals surface area (Å²) in [4.78, 5) is 16.3. The highest BCUT2D eigenvalue weighted by atomic mass is 79.9. The first-order chi connectivity index (χ1) is 12.9. The largest absolute Gasteiger partial charge is 0.420 e. The molecule has 4 aromatic rings. The van der Waals surface area contributed by atoms with E-state index in [9.17, 15) is 13.6 Å². The smallest absolute Gasteiger partial charge is 0.415 e. The van der Waals surface area contributed by atoms with Crippen LogP contribution in [0.4, 0.5) is 8.78 Å². The fraction of sp³-hybridized carbons (Fsp3) is 0.125. The number of hydrogen-bond donors (Lipinski definition) is 0. The van der Waals surface area contributed by atoms with Gasteiger partial charge in [0.25, 0.3) is 5.89 Å². The predicted molar refractivity (Wildman–Crippen MR) is 94.8 cm³/mol. The number of benzene rings is 1. The number of nitrogens with zero attached hydrogens (tertiary/aromatic N) is 4. The van der Waals surface area contributed by atoms with Crippen molar-refractivity contribution in [2.75, 3.05) is 0 Å². The Balaban J connectivity index is 1.64. The van der Waals surface area contributed by atoms with Crippen LogP contribution < -0.4 is 5.76 Å². The summed E-state index contributed by atoms with van der Waals surface area (Å²) in [6.45, 7) is 0.145. The minimum atomic E-state index is -2.84. The molecule has 27 heavy (non-hydrogen) atoms. The summed E-state index contributed by atoms with van der Waals surface area (Å²) >= 11 is 9.32. The maximum atomic E-state index is 12.5. The maximum Gasteiger partial charge on any atom is 0.420 e. The van der Waals surface area contributed by atoms with Gasteiger partial charge in [0.15, 0.2) is 5.58 Å². The number of pyridine rings is 1. The van der Waals surface area contributed by atoms with Crippen LogP contribution in [0.15, 0.2) is 48.6 Å². The number of rotatable bonds is 4. The van der Waals surface area contributed by atoms with Crippen LogP contribution in [0.3, 0.4) is 0 Å². The molecule has 0 fully saturated rings. The maximum absolute atomic E-state index is 12.5. The third-order valence-corrected chi connectivity index (χ3v) is 4.93. The lowest BCUT2D eigenvalue weighted by Gasteiger charge is -2.03. The summed E-state index contributed by atoms with van der Waals surface area (Å²) < 4.78 is 37.2. The van der Waals surface area contributed by atoms with E-state index in [4.69, 9.17) is 20.4 Å². The van der Waals surface area contributed by atoms with Gasteiger partial charge in [-0.1, -0.05) is 11.6 Å². The SMILES string of the molecule is O=c1oc2cc(Cl)c(Br)cc2n1Cc1ccc(-c2nnc(C(F)F)o2)cn1. The summed E-state index contributed by atoms with van der Waals surface area (Å²) in [6.07, 6.45) is -1.44. The van der Waals surface area contributed by atoms with Gasteiger partial charge in [0.05, 0.1) is 28.3 Å². The van der Waals surface area contributed by atoms with Crippen molar-refractivity contribution < 1.29 is 17.6 Å². The van der Waals surface area contributed by atoms with E-state index in [-0.39, 0.29) is 12.4 Å². The first-order valence-corrected chi connectivity index (χ1v) is 8.64. The van der Waals surface area contributed by atoms with E-state index in [1.165, 1.54) is 10.8 Å². The number of alkyl halides is 2. The molecule has 3 aromatic heterocycles. The molecule has 7 nitrogen and oxygen atoms in total. The molecule has 0 spiro atoms. The van der Waals surface area contributed by atoms with Crippen molar-refractivity contribution in [3.05, 3.63) is 62.1 Å². The molecule has 0 saturated carbocycles. The summed E-state index contributed by atoms with van der Waals surface area (Å²) in [6, 6.07) is 6.44. The molecule has 11 heteroatoms. The summed E-state index contributed by atoms with van der Waals surface area (Å²) in [5.74, 6) is -1.37. The van der Waals surface area contributed by atoms with Gasteiger partial charge in [-0.3, -0.25) is 9.55 Å². The second-order valence-electron chi connectivity index (χ2n) is 5.47. The first-order valence-electron chi connectivity index (χ1n) is 7.47. The van der Waals surface area contributed by atoms with E-state index < -0.39 is 18.1 Å². The quantitative estimate of drug-likeness (QED) is 0.450. The van der Waals surface area contributed by atoms with Crippen LogP contribution in [0.1, 0.15) is 18.0 Å². The zero-order valence-corrected chi connectivity index (χ0v) is 15.5. The number of oxazole rings is 1. The molecular weight excluding hydrogens is 450 g/mol. The molecule has 0 amide bonds. The predicted octanol–water partition coefficient (Wildman–Crippen LogP) is 4.44. The van der Waals surface area contributed by atoms with Crippen LogP contribution in [0.2, 0.25) is 5.02 Å². The average Bonchev–Trinajstić information content (AvgIpc) is 3.23. The summed E-state index contributed by atoms with van der Waals surface area (Å²) in [7, 11) is 0. The molecule has 0 N–H and O–H groups in total. The Labute approximate surface area is 162 Å². The molecule has 0 saturated heterocycles. The number of aromatic nitrogens is 4. The zero-order valence-electron chi connectivity index (χ0n) is 13.2. The first kappa shape index (κ1) is 17.8. The fourth-order valence-electron chi connectivity index (χ4n) is 2.45. The lowest BCUT2D eigenvalue weighted by Crippen LogP contribution is -2.15. The van der Waals surface area contributed by atoms with Crippen LogP contribution >= 0.6 is 27.5 Å². The highest BCUT2D eigenvalue weighted by Crippen LogP contribution is 2.28. The Morgan fingerprint density at radius 2 is 2.04 bits per heavy atom. The van der Waals surface area contributed by atoms with Gasteiger partial charge >= 0.3 is 12.2 Å². The van der Waals surface area contributed by atoms with E-state index >= 15 is 0 Å². The zero-order chi connectivity index (χ0) is 19.1. The number of fused-ring (bicyclic) bond motifs is 1. The van der Waals surface area contributed by atoms with Crippen molar-refractivity contribution in [3.8, 4) is 11.5 Å². The molecule has 0 unspecified atom stereocenters. The lowest BCUT2D eigenvalue weighted by molar-refractivity contribution is 0.116. The molecule has 0 bridgehead atoms. The minimum Gasteiger partial charge on any atom is -0.415 e. The topological polar surface area (TPSA) is 87.0 Å². The van der Waals surface area contributed by atoms with Crippen LogP contribution in [-0.2, 0) is 6.54 Å². The average molecular weight is 458 g/mol. The molecule has 3 heterocycles. The molecule has 4 rings (SSSR count). The van der Waals surface area contributed by atoms with Crippen LogP contribution in [0.25, 0.3) is 22.6 Å². The van der Waals surface area contributed by atoms with E-state index in [0.29, 0.717) is 31.9 Å². The minimum absolute atomic E-state index is 0.0612. The van der Waals surface area contributed by atoms with Crippen LogP contribution in [0.5, 0.6) is 0 Å². The van der Waals surface area contributed by atoms with Gasteiger partial charge in [-0.25, -0.2) is 4.79 Å². The number of halogens is 4. The molecule has 0 aliphatic heterocycles. The molecule has 0 aliphatic carbocycles. The molecule has 0 atom stereocenters. The summed E-state index contributed by atoms with van der Waals surface area (Å²) in [5, 5.41) is 7.25. The van der Waals surface area contributed by atoms with Crippen molar-refractivity contribution >= 4 is 38.6 Å². The van der Waals surface area contributed by atoms with Gasteiger partial charge in [-0.2, -0.15) is 8.78 Å². The molecule has 1 aromatic carbocycles. The summed E-state index contributed by atoms with van der Waals surface area (Å²) in [5.41, 5.74) is 1.84. The fourth-order valence-corrected chi connectivity index (χ4v) is 2.94. The Kier molecular flexibility index (Phi) is 4.52. The van der Waals surface area contributed by atoms with Crippen molar-refractivity contribution in [2.24, 2.45) is 0 Å². The van der Waals surface area contributed by atoms with Crippen molar-refractivity contribution in [2.45, 2.75) is 13.0 Å². The van der Waals surface area contributed by atoms with Gasteiger partial charge in [-0.05, 0) is 34.1 Å². The Bertz CT molecular complexity index is 1190. The third kappa shape index (κ3) is 3.37. The van der Waals surface area contributed by atoms with Crippen molar-refractivity contribution in [3.63, 3.8) is 0 Å². The van der Waals surface area contributed by atoms with E-state index in [2.05, 4.69) is 31.1 Å². The monoisotopic (exact) mass is 456 g/mol. The molecule has 0 radical (unpaired) electrons. The van der Waals surface area contributed by atoms with Gasteiger partial charge in [0.1, 0.15) is 0 Å². The Morgan fingerprint density at radius 3 is 2.70 bits per heavy atom. The lowest BCUT2D eigenvalue weighted by atomic mass is 10.2. The second kappa shape index (κ2) is 6.86. The van der Waals surface area contributed by atoms with Crippen molar-refractivity contribution in [1.82, 2.24) is 19.7 Å². The highest BCUT2D eigenvalue weighted by molar-refractivity contribution is 9.10. The Hall–Kier alpha value is -2.59. The second-order valence-corrected chi connectivity index (χ2v) is 6.73. The van der Waals surface area contributed by atoms with Crippen molar-refractivity contribution in [1.29, 1.82) is 0 Å². The third-order valence-electron chi connectivity index (χ3n) is 3.73. The van der Waals surface area contributed by atoms with Gasteiger partial charge in [0.2, 0.25) is 5.89 Å². The molecular formula is C16H8BrClF2N4O3. The van der Waals surface area contributed by atoms with E-state index in [1.54, 1.807) is 24.3 Å². The van der Waals surface area contributed by atoms with Gasteiger partial charge in [-0.15, -0.1) is 10.2 Å². The molecule has 138 valence electrons. The van der Waals surface area contributed by atoms with E-state index in [0.717, 1.165) is 0 Å².